The molecule has 1 aromatic carbocycles. The van der Waals surface area contributed by atoms with Crippen molar-refractivity contribution in [1.29, 1.82) is 0 Å². The molecular formula is C12H17BrO3. The zero-order chi connectivity index (χ0) is 11.8. The van der Waals surface area contributed by atoms with E-state index >= 15 is 0 Å². The summed E-state index contributed by atoms with van der Waals surface area (Å²) < 4.78 is 16.6. The van der Waals surface area contributed by atoms with Crippen LogP contribution in [0.15, 0.2) is 22.7 Å². The van der Waals surface area contributed by atoms with Crippen molar-refractivity contribution in [2.45, 2.75) is 13.0 Å². The van der Waals surface area contributed by atoms with E-state index in [2.05, 4.69) is 15.9 Å². The van der Waals surface area contributed by atoms with Crippen LogP contribution in [0.2, 0.25) is 0 Å². The molecule has 0 amide bonds. The Bertz CT molecular complexity index is 315. The average molecular weight is 289 g/mol. The van der Waals surface area contributed by atoms with Gasteiger partial charge in [0.25, 0.3) is 0 Å². The van der Waals surface area contributed by atoms with E-state index in [1.807, 2.05) is 18.2 Å². The highest BCUT2D eigenvalue weighted by molar-refractivity contribution is 9.10. The Kier molecular flexibility index (Phi) is 6.45. The molecule has 0 aliphatic heterocycles. The number of methoxy groups -OCH3 is 2. The number of hydrogen-bond donors (Lipinski definition) is 0. The second-order valence-electron chi connectivity index (χ2n) is 3.37. The van der Waals surface area contributed by atoms with Gasteiger partial charge < -0.3 is 14.2 Å². The van der Waals surface area contributed by atoms with E-state index in [4.69, 9.17) is 14.2 Å². The van der Waals surface area contributed by atoms with Gasteiger partial charge in [0, 0.05) is 20.3 Å². The zero-order valence-electron chi connectivity index (χ0n) is 9.66. The monoisotopic (exact) mass is 288 g/mol. The van der Waals surface area contributed by atoms with Crippen LogP contribution in [-0.2, 0) is 16.1 Å². The molecule has 1 aromatic rings. The number of ether oxygens (including phenoxy) is 3. The van der Waals surface area contributed by atoms with Gasteiger partial charge in [0.15, 0.2) is 0 Å². The maximum Gasteiger partial charge on any atom is 0.133 e. The lowest BCUT2D eigenvalue weighted by Crippen LogP contribution is -1.99. The van der Waals surface area contributed by atoms with Gasteiger partial charge >= 0.3 is 0 Å². The standard InChI is InChI=1S/C12H17BrO3/c1-14-6-3-7-16-9-10-4-5-12(15-2)11(13)8-10/h4-5,8H,3,6-7,9H2,1-2H3. The third kappa shape index (κ3) is 4.51. The van der Waals surface area contributed by atoms with Crippen LogP contribution in [0.25, 0.3) is 0 Å². The Balaban J connectivity index is 2.34. The van der Waals surface area contributed by atoms with E-state index in [1.54, 1.807) is 14.2 Å². The lowest BCUT2D eigenvalue weighted by atomic mass is 10.2. The Morgan fingerprint density at radius 3 is 2.62 bits per heavy atom. The summed E-state index contributed by atoms with van der Waals surface area (Å²) in [5.41, 5.74) is 1.13. The summed E-state index contributed by atoms with van der Waals surface area (Å²) in [7, 11) is 3.35. The highest BCUT2D eigenvalue weighted by Gasteiger charge is 2.01. The Morgan fingerprint density at radius 2 is 2.00 bits per heavy atom. The molecule has 0 saturated carbocycles. The van der Waals surface area contributed by atoms with E-state index in [9.17, 15) is 0 Å². The molecule has 4 heteroatoms. The van der Waals surface area contributed by atoms with Crippen molar-refractivity contribution in [2.75, 3.05) is 27.4 Å². The van der Waals surface area contributed by atoms with Gasteiger partial charge in [-0.3, -0.25) is 0 Å². The Morgan fingerprint density at radius 1 is 1.19 bits per heavy atom. The fourth-order valence-corrected chi connectivity index (χ4v) is 1.88. The van der Waals surface area contributed by atoms with Crippen LogP contribution in [0.4, 0.5) is 0 Å². The van der Waals surface area contributed by atoms with Crippen molar-refractivity contribution in [1.82, 2.24) is 0 Å². The molecule has 0 heterocycles. The molecule has 0 aromatic heterocycles. The van der Waals surface area contributed by atoms with E-state index in [0.29, 0.717) is 6.61 Å². The molecule has 0 bridgehead atoms. The molecule has 1 rings (SSSR count). The van der Waals surface area contributed by atoms with Crippen molar-refractivity contribution in [2.24, 2.45) is 0 Å². The summed E-state index contributed by atoms with van der Waals surface area (Å²) in [6.45, 7) is 2.08. The molecule has 0 N–H and O–H groups in total. The second-order valence-corrected chi connectivity index (χ2v) is 4.22. The van der Waals surface area contributed by atoms with E-state index in [0.717, 1.165) is 35.4 Å². The van der Waals surface area contributed by atoms with E-state index in [1.165, 1.54) is 0 Å². The second kappa shape index (κ2) is 7.65. The van der Waals surface area contributed by atoms with Crippen molar-refractivity contribution in [3.05, 3.63) is 28.2 Å². The fourth-order valence-electron chi connectivity index (χ4n) is 1.30. The first-order valence-electron chi connectivity index (χ1n) is 5.17. The summed E-state index contributed by atoms with van der Waals surface area (Å²) in [6.07, 6.45) is 0.924. The quantitative estimate of drug-likeness (QED) is 0.722. The lowest BCUT2D eigenvalue weighted by Gasteiger charge is -2.07. The van der Waals surface area contributed by atoms with Crippen LogP contribution in [0.1, 0.15) is 12.0 Å². The molecule has 0 radical (unpaired) electrons. The predicted octanol–water partition coefficient (Wildman–Crippen LogP) is 3.01. The SMILES string of the molecule is COCCCOCc1ccc(OC)c(Br)c1. The molecule has 3 nitrogen and oxygen atoms in total. The van der Waals surface area contributed by atoms with Crippen LogP contribution < -0.4 is 4.74 Å². The van der Waals surface area contributed by atoms with Gasteiger partial charge in [0.2, 0.25) is 0 Å². The molecule has 0 fully saturated rings. The van der Waals surface area contributed by atoms with Crippen LogP contribution in [0, 0.1) is 0 Å². The Labute approximate surface area is 105 Å². The minimum atomic E-state index is 0.617. The van der Waals surface area contributed by atoms with Gasteiger partial charge in [0.1, 0.15) is 5.75 Å². The first-order valence-corrected chi connectivity index (χ1v) is 5.96. The third-order valence-corrected chi connectivity index (χ3v) is 2.74. The summed E-state index contributed by atoms with van der Waals surface area (Å²) in [4.78, 5) is 0. The summed E-state index contributed by atoms with van der Waals surface area (Å²) >= 11 is 3.44. The van der Waals surface area contributed by atoms with Crippen molar-refractivity contribution < 1.29 is 14.2 Å². The molecule has 0 spiro atoms. The number of rotatable bonds is 7. The highest BCUT2D eigenvalue weighted by atomic mass is 79.9. The van der Waals surface area contributed by atoms with Crippen LogP contribution in [0.5, 0.6) is 5.75 Å². The smallest absolute Gasteiger partial charge is 0.133 e. The summed E-state index contributed by atoms with van der Waals surface area (Å²) in [5.74, 6) is 0.836. The number of halogens is 1. The minimum Gasteiger partial charge on any atom is -0.496 e. The van der Waals surface area contributed by atoms with Crippen LogP contribution in [-0.4, -0.2) is 27.4 Å². The predicted molar refractivity (Wildman–Crippen MR) is 66.8 cm³/mol. The molecule has 0 aliphatic rings. The maximum atomic E-state index is 5.51. The Hall–Kier alpha value is -0.580. The van der Waals surface area contributed by atoms with Gasteiger partial charge in [-0.25, -0.2) is 0 Å². The maximum absolute atomic E-state index is 5.51. The van der Waals surface area contributed by atoms with Crippen molar-refractivity contribution in [3.8, 4) is 5.75 Å². The molecular weight excluding hydrogens is 272 g/mol. The largest absolute Gasteiger partial charge is 0.496 e. The molecule has 16 heavy (non-hydrogen) atoms. The average Bonchev–Trinajstić information content (AvgIpc) is 2.29. The topological polar surface area (TPSA) is 27.7 Å². The van der Waals surface area contributed by atoms with E-state index in [-0.39, 0.29) is 0 Å². The zero-order valence-corrected chi connectivity index (χ0v) is 11.2. The summed E-state index contributed by atoms with van der Waals surface area (Å²) in [5, 5.41) is 0. The van der Waals surface area contributed by atoms with Gasteiger partial charge in [-0.15, -0.1) is 0 Å². The normalized spacial score (nSPS) is 10.4. The van der Waals surface area contributed by atoms with Gasteiger partial charge in [-0.1, -0.05) is 6.07 Å². The third-order valence-electron chi connectivity index (χ3n) is 2.12. The van der Waals surface area contributed by atoms with Crippen molar-refractivity contribution in [3.63, 3.8) is 0 Å². The summed E-state index contributed by atoms with van der Waals surface area (Å²) in [6, 6.07) is 5.94. The van der Waals surface area contributed by atoms with E-state index < -0.39 is 0 Å². The minimum absolute atomic E-state index is 0.617. The molecule has 0 atom stereocenters. The number of benzene rings is 1. The highest BCUT2D eigenvalue weighted by Crippen LogP contribution is 2.25. The first-order chi connectivity index (χ1) is 7.77. The van der Waals surface area contributed by atoms with Gasteiger partial charge in [0.05, 0.1) is 18.2 Å². The van der Waals surface area contributed by atoms with Crippen LogP contribution in [0.3, 0.4) is 0 Å². The van der Waals surface area contributed by atoms with Gasteiger partial charge in [-0.2, -0.15) is 0 Å². The molecule has 90 valence electrons. The van der Waals surface area contributed by atoms with Gasteiger partial charge in [-0.05, 0) is 40.0 Å². The fraction of sp³-hybridized carbons (Fsp3) is 0.500. The van der Waals surface area contributed by atoms with Crippen molar-refractivity contribution >= 4 is 15.9 Å². The van der Waals surface area contributed by atoms with Crippen LogP contribution >= 0.6 is 15.9 Å². The lowest BCUT2D eigenvalue weighted by molar-refractivity contribution is 0.0928. The molecule has 0 aliphatic carbocycles. The first kappa shape index (κ1) is 13.5. The molecule has 0 saturated heterocycles. The molecule has 0 unspecified atom stereocenters. The number of hydrogen-bond acceptors (Lipinski definition) is 3.